The van der Waals surface area contributed by atoms with Crippen LogP contribution in [0.1, 0.15) is 26.7 Å². The summed E-state index contributed by atoms with van der Waals surface area (Å²) in [5.41, 5.74) is -1.38. The quantitative estimate of drug-likeness (QED) is 0.755. The van der Waals surface area contributed by atoms with E-state index in [1.165, 1.54) is 0 Å². The van der Waals surface area contributed by atoms with Crippen molar-refractivity contribution in [3.05, 3.63) is 29.8 Å². The molecule has 0 saturated heterocycles. The third-order valence-electron chi connectivity index (χ3n) is 3.57. The molecule has 0 saturated carbocycles. The van der Waals surface area contributed by atoms with Crippen molar-refractivity contribution >= 4 is 17.7 Å². The predicted molar refractivity (Wildman–Crippen MR) is 74.0 cm³/mol. The smallest absolute Gasteiger partial charge is 0.319 e. The lowest BCUT2D eigenvalue weighted by Gasteiger charge is -2.26. The maximum atomic E-state index is 13.4. The molecular weight excluding hydrogens is 282 g/mol. The lowest BCUT2D eigenvalue weighted by molar-refractivity contribution is -0.149. The molecule has 0 aliphatic rings. The molecule has 1 rings (SSSR count). The Labute approximate surface area is 121 Å². The van der Waals surface area contributed by atoms with Crippen molar-refractivity contribution in [1.82, 2.24) is 5.32 Å². The van der Waals surface area contributed by atoms with E-state index in [9.17, 15) is 23.5 Å². The van der Waals surface area contributed by atoms with Crippen LogP contribution in [0.5, 0.6) is 0 Å². The number of amides is 2. The van der Waals surface area contributed by atoms with Crippen LogP contribution in [-0.4, -0.2) is 23.7 Å². The zero-order valence-electron chi connectivity index (χ0n) is 11.9. The van der Waals surface area contributed by atoms with Crippen molar-refractivity contribution in [3.8, 4) is 0 Å². The lowest BCUT2D eigenvalue weighted by Crippen LogP contribution is -2.43. The van der Waals surface area contributed by atoms with Gasteiger partial charge in [0.05, 0.1) is 11.1 Å². The molecule has 7 heteroatoms. The van der Waals surface area contributed by atoms with Gasteiger partial charge in [-0.05, 0) is 25.0 Å². The summed E-state index contributed by atoms with van der Waals surface area (Å²) in [4.78, 5) is 22.9. The molecule has 0 aliphatic carbocycles. The molecule has 0 aliphatic heterocycles. The highest BCUT2D eigenvalue weighted by Gasteiger charge is 2.35. The highest BCUT2D eigenvalue weighted by atomic mass is 19.1. The van der Waals surface area contributed by atoms with Crippen LogP contribution in [0.3, 0.4) is 0 Å². The number of carboxylic acids is 1. The molecule has 1 aromatic carbocycles. The number of nitrogens with one attached hydrogen (secondary N) is 2. The second kappa shape index (κ2) is 7.01. The number of hydrogen-bond acceptors (Lipinski definition) is 2. The average molecular weight is 300 g/mol. The number of carbonyl (C=O) groups is 2. The number of aliphatic carboxylic acids is 1. The van der Waals surface area contributed by atoms with E-state index in [-0.39, 0.29) is 12.2 Å². The molecule has 0 radical (unpaired) electrons. The van der Waals surface area contributed by atoms with Gasteiger partial charge < -0.3 is 15.7 Å². The summed E-state index contributed by atoms with van der Waals surface area (Å²) in [7, 11) is 0. The first-order valence-corrected chi connectivity index (χ1v) is 6.58. The van der Waals surface area contributed by atoms with Crippen LogP contribution in [-0.2, 0) is 4.79 Å². The summed E-state index contributed by atoms with van der Waals surface area (Å²) in [5, 5.41) is 13.8. The van der Waals surface area contributed by atoms with Gasteiger partial charge in [-0.1, -0.05) is 13.8 Å². The van der Waals surface area contributed by atoms with Crippen molar-refractivity contribution in [2.45, 2.75) is 26.7 Å². The second-order valence-corrected chi connectivity index (χ2v) is 4.72. The van der Waals surface area contributed by atoms with Gasteiger partial charge in [-0.3, -0.25) is 4.79 Å². The van der Waals surface area contributed by atoms with E-state index in [0.717, 1.165) is 18.2 Å². The van der Waals surface area contributed by atoms with E-state index >= 15 is 0 Å². The van der Waals surface area contributed by atoms with Crippen molar-refractivity contribution in [2.24, 2.45) is 5.41 Å². The molecule has 1 aromatic rings. The molecule has 0 atom stereocenters. The Morgan fingerprint density at radius 2 is 1.86 bits per heavy atom. The maximum Gasteiger partial charge on any atom is 0.319 e. The molecule has 116 valence electrons. The van der Waals surface area contributed by atoms with Crippen molar-refractivity contribution in [3.63, 3.8) is 0 Å². The number of hydrogen-bond donors (Lipinski definition) is 3. The zero-order valence-corrected chi connectivity index (χ0v) is 11.9. The summed E-state index contributed by atoms with van der Waals surface area (Å²) in [5.74, 6) is -2.47. The average Bonchev–Trinajstić information content (AvgIpc) is 2.44. The predicted octanol–water partition coefficient (Wildman–Crippen LogP) is 2.98. The summed E-state index contributed by atoms with van der Waals surface area (Å²) in [6.45, 7) is 3.32. The van der Waals surface area contributed by atoms with Gasteiger partial charge in [0, 0.05) is 12.6 Å². The topological polar surface area (TPSA) is 78.4 Å². The highest BCUT2D eigenvalue weighted by Crippen LogP contribution is 2.25. The Bertz CT molecular complexity index is 531. The van der Waals surface area contributed by atoms with Gasteiger partial charge in [-0.25, -0.2) is 13.6 Å². The van der Waals surface area contributed by atoms with Crippen LogP contribution >= 0.6 is 0 Å². The first kappa shape index (κ1) is 16.9. The van der Waals surface area contributed by atoms with E-state index in [1.807, 2.05) is 0 Å². The minimum absolute atomic E-state index is 0.0991. The van der Waals surface area contributed by atoms with E-state index < -0.39 is 29.0 Å². The van der Waals surface area contributed by atoms with Gasteiger partial charge in [0.1, 0.15) is 11.6 Å². The van der Waals surface area contributed by atoms with Crippen LogP contribution in [0.25, 0.3) is 0 Å². The van der Waals surface area contributed by atoms with Crippen molar-refractivity contribution < 1.29 is 23.5 Å². The molecule has 0 heterocycles. The van der Waals surface area contributed by atoms with Gasteiger partial charge in [0.15, 0.2) is 0 Å². The minimum Gasteiger partial charge on any atom is -0.481 e. The summed E-state index contributed by atoms with van der Waals surface area (Å²) >= 11 is 0. The molecular formula is C14H18F2N2O3. The molecule has 3 N–H and O–H groups in total. The molecule has 0 bridgehead atoms. The second-order valence-electron chi connectivity index (χ2n) is 4.72. The minimum atomic E-state index is -1.07. The normalized spacial score (nSPS) is 11.0. The summed E-state index contributed by atoms with van der Waals surface area (Å²) < 4.78 is 26.3. The van der Waals surface area contributed by atoms with Crippen molar-refractivity contribution in [2.75, 3.05) is 11.9 Å². The molecule has 2 amide bonds. The van der Waals surface area contributed by atoms with Crippen molar-refractivity contribution in [1.29, 1.82) is 0 Å². The number of anilines is 1. The third-order valence-corrected chi connectivity index (χ3v) is 3.57. The summed E-state index contributed by atoms with van der Waals surface area (Å²) in [6, 6.07) is 1.89. The van der Waals surface area contributed by atoms with E-state index in [4.69, 9.17) is 0 Å². The zero-order chi connectivity index (χ0) is 16.0. The first-order valence-electron chi connectivity index (χ1n) is 6.58. The molecule has 0 fully saturated rings. The van der Waals surface area contributed by atoms with Gasteiger partial charge >= 0.3 is 12.0 Å². The molecule has 0 aromatic heterocycles. The molecule has 0 unspecified atom stereocenters. The van der Waals surface area contributed by atoms with Crippen LogP contribution in [0, 0.1) is 17.0 Å². The Kier molecular flexibility index (Phi) is 5.63. The van der Waals surface area contributed by atoms with Gasteiger partial charge in [0.25, 0.3) is 0 Å². The lowest BCUT2D eigenvalue weighted by atomic mass is 9.82. The SMILES string of the molecule is CCC(CC)(CNC(=O)Nc1cc(F)ccc1F)C(=O)O. The molecule has 5 nitrogen and oxygen atoms in total. The molecule has 21 heavy (non-hydrogen) atoms. The first-order chi connectivity index (χ1) is 9.84. The maximum absolute atomic E-state index is 13.4. The Hall–Kier alpha value is -2.18. The monoisotopic (exact) mass is 300 g/mol. The largest absolute Gasteiger partial charge is 0.481 e. The van der Waals surface area contributed by atoms with Gasteiger partial charge in [0.2, 0.25) is 0 Å². The molecule has 0 spiro atoms. The Morgan fingerprint density at radius 1 is 1.24 bits per heavy atom. The third kappa shape index (κ3) is 4.14. The Balaban J connectivity index is 2.70. The van der Waals surface area contributed by atoms with Crippen LogP contribution in [0.15, 0.2) is 18.2 Å². The number of carbonyl (C=O) groups excluding carboxylic acids is 1. The fourth-order valence-corrected chi connectivity index (χ4v) is 1.89. The van der Waals surface area contributed by atoms with E-state index in [1.54, 1.807) is 13.8 Å². The van der Waals surface area contributed by atoms with Crippen LogP contribution in [0.2, 0.25) is 0 Å². The summed E-state index contributed by atoms with van der Waals surface area (Å²) in [6.07, 6.45) is 0.681. The number of benzene rings is 1. The van der Waals surface area contributed by atoms with Crippen LogP contribution in [0.4, 0.5) is 19.3 Å². The highest BCUT2D eigenvalue weighted by molar-refractivity contribution is 5.89. The number of rotatable bonds is 6. The fourth-order valence-electron chi connectivity index (χ4n) is 1.89. The fraction of sp³-hybridized carbons (Fsp3) is 0.429. The number of urea groups is 1. The standard InChI is InChI=1S/C14H18F2N2O3/c1-3-14(4-2,12(19)20)8-17-13(21)18-11-7-9(15)5-6-10(11)16/h5-7H,3-4,8H2,1-2H3,(H,19,20)(H2,17,18,21). The van der Waals surface area contributed by atoms with Crippen LogP contribution < -0.4 is 10.6 Å². The number of halogens is 2. The number of carboxylic acid groups (broad SMARTS) is 1. The van der Waals surface area contributed by atoms with Gasteiger partial charge in [-0.15, -0.1) is 0 Å². The van der Waals surface area contributed by atoms with E-state index in [0.29, 0.717) is 12.8 Å². The van der Waals surface area contributed by atoms with Gasteiger partial charge in [-0.2, -0.15) is 0 Å². The van der Waals surface area contributed by atoms with E-state index in [2.05, 4.69) is 10.6 Å². The Morgan fingerprint density at radius 3 is 2.38 bits per heavy atom.